The van der Waals surface area contributed by atoms with Crippen LogP contribution in [0.3, 0.4) is 0 Å². The van der Waals surface area contributed by atoms with Crippen molar-refractivity contribution >= 4 is 5.76 Å². The number of hydrogen-bond acceptors (Lipinski definition) is 5. The van der Waals surface area contributed by atoms with Crippen LogP contribution in [0.5, 0.6) is 23.0 Å². The summed E-state index contributed by atoms with van der Waals surface area (Å²) in [6.07, 6.45) is 0.138. The number of phenolic OH excluding ortho intramolecular Hbond substituents is 3. The van der Waals surface area contributed by atoms with Gasteiger partial charge in [0.25, 0.3) is 0 Å². The number of hydrogen-bond donors (Lipinski definition) is 4. The summed E-state index contributed by atoms with van der Waals surface area (Å²) in [5.74, 6) is 0.102. The summed E-state index contributed by atoms with van der Waals surface area (Å²) >= 11 is 0. The zero-order chi connectivity index (χ0) is 14.3. The normalized spacial score (nSPS) is 13.8. The minimum atomic E-state index is -0.298. The van der Waals surface area contributed by atoms with Crippen molar-refractivity contribution in [2.24, 2.45) is 0 Å². The lowest BCUT2D eigenvalue weighted by atomic mass is 10.0. The summed E-state index contributed by atoms with van der Waals surface area (Å²) in [5, 5.41) is 38.6. The van der Waals surface area contributed by atoms with E-state index in [2.05, 4.69) is 0 Å². The van der Waals surface area contributed by atoms with Crippen LogP contribution in [0.4, 0.5) is 0 Å². The van der Waals surface area contributed by atoms with Crippen molar-refractivity contribution in [3.05, 3.63) is 53.3 Å². The van der Waals surface area contributed by atoms with Gasteiger partial charge in [0, 0.05) is 17.5 Å². The second kappa shape index (κ2) is 4.38. The van der Waals surface area contributed by atoms with Crippen LogP contribution in [-0.4, -0.2) is 20.4 Å². The molecular weight excluding hydrogens is 260 g/mol. The Morgan fingerprint density at radius 2 is 1.65 bits per heavy atom. The Balaban J connectivity index is 2.05. The van der Waals surface area contributed by atoms with Gasteiger partial charge in [-0.15, -0.1) is 0 Å². The fourth-order valence-corrected chi connectivity index (χ4v) is 2.13. The standard InChI is InChI=1S/C15H12O5/c16-10-2-1-3-14-9(10)7-13(19)15(20-14)8-4-5-11(17)12(18)6-8/h1-6,16-19H,7H2. The van der Waals surface area contributed by atoms with Crippen molar-refractivity contribution in [2.75, 3.05) is 0 Å². The van der Waals surface area contributed by atoms with E-state index in [1.807, 2.05) is 0 Å². The van der Waals surface area contributed by atoms with E-state index in [9.17, 15) is 20.4 Å². The maximum absolute atomic E-state index is 10.1. The number of fused-ring (bicyclic) bond motifs is 1. The summed E-state index contributed by atoms with van der Waals surface area (Å²) in [6, 6.07) is 8.98. The molecule has 0 aromatic heterocycles. The molecule has 0 saturated carbocycles. The summed E-state index contributed by atoms with van der Waals surface area (Å²) in [4.78, 5) is 0. The third-order valence-corrected chi connectivity index (χ3v) is 3.16. The fraction of sp³-hybridized carbons (Fsp3) is 0.0667. The number of phenols is 3. The largest absolute Gasteiger partial charge is 0.508 e. The second-order valence-corrected chi connectivity index (χ2v) is 4.51. The van der Waals surface area contributed by atoms with E-state index in [-0.39, 0.29) is 35.2 Å². The van der Waals surface area contributed by atoms with Gasteiger partial charge >= 0.3 is 0 Å². The fourth-order valence-electron chi connectivity index (χ4n) is 2.13. The van der Waals surface area contributed by atoms with Crippen molar-refractivity contribution in [2.45, 2.75) is 6.42 Å². The minimum Gasteiger partial charge on any atom is -0.508 e. The van der Waals surface area contributed by atoms with Gasteiger partial charge in [-0.25, -0.2) is 0 Å². The van der Waals surface area contributed by atoms with Crippen molar-refractivity contribution in [1.29, 1.82) is 0 Å². The van der Waals surface area contributed by atoms with E-state index >= 15 is 0 Å². The number of aliphatic hydroxyl groups is 1. The van der Waals surface area contributed by atoms with Gasteiger partial charge in [0.05, 0.1) is 0 Å². The highest BCUT2D eigenvalue weighted by atomic mass is 16.5. The first kappa shape index (κ1) is 12.2. The monoisotopic (exact) mass is 272 g/mol. The predicted molar refractivity (Wildman–Crippen MR) is 71.8 cm³/mol. The molecule has 0 bridgehead atoms. The Labute approximate surface area is 114 Å². The van der Waals surface area contributed by atoms with Crippen LogP contribution in [0.15, 0.2) is 42.2 Å². The average Bonchev–Trinajstić information content (AvgIpc) is 2.42. The maximum Gasteiger partial charge on any atom is 0.172 e. The highest BCUT2D eigenvalue weighted by Gasteiger charge is 2.23. The van der Waals surface area contributed by atoms with E-state index in [0.29, 0.717) is 16.9 Å². The zero-order valence-electron chi connectivity index (χ0n) is 10.4. The first-order valence-corrected chi connectivity index (χ1v) is 5.99. The molecule has 2 aromatic rings. The van der Waals surface area contributed by atoms with Crippen LogP contribution in [-0.2, 0) is 6.42 Å². The molecule has 0 radical (unpaired) electrons. The molecule has 2 aromatic carbocycles. The highest BCUT2D eigenvalue weighted by Crippen LogP contribution is 2.39. The van der Waals surface area contributed by atoms with Crippen LogP contribution in [0, 0.1) is 0 Å². The van der Waals surface area contributed by atoms with E-state index in [0.717, 1.165) is 0 Å². The van der Waals surface area contributed by atoms with Gasteiger partial charge in [-0.1, -0.05) is 6.07 Å². The highest BCUT2D eigenvalue weighted by molar-refractivity contribution is 5.70. The molecule has 5 heteroatoms. The molecule has 0 amide bonds. The lowest BCUT2D eigenvalue weighted by molar-refractivity contribution is 0.351. The molecule has 102 valence electrons. The Morgan fingerprint density at radius 3 is 2.40 bits per heavy atom. The lowest BCUT2D eigenvalue weighted by Crippen LogP contribution is -2.09. The molecule has 0 spiro atoms. The summed E-state index contributed by atoms with van der Waals surface area (Å²) in [7, 11) is 0. The summed E-state index contributed by atoms with van der Waals surface area (Å²) in [6.45, 7) is 0. The molecular formula is C15H12O5. The summed E-state index contributed by atoms with van der Waals surface area (Å²) in [5.41, 5.74) is 0.948. The van der Waals surface area contributed by atoms with Crippen molar-refractivity contribution in [1.82, 2.24) is 0 Å². The number of rotatable bonds is 1. The van der Waals surface area contributed by atoms with E-state index in [1.165, 1.54) is 24.3 Å². The van der Waals surface area contributed by atoms with Crippen LogP contribution < -0.4 is 4.74 Å². The second-order valence-electron chi connectivity index (χ2n) is 4.51. The molecule has 0 atom stereocenters. The van der Waals surface area contributed by atoms with Crippen molar-refractivity contribution in [3.8, 4) is 23.0 Å². The Hall–Kier alpha value is -2.82. The number of aromatic hydroxyl groups is 3. The van der Waals surface area contributed by atoms with E-state index in [1.54, 1.807) is 12.1 Å². The molecule has 1 aliphatic heterocycles. The van der Waals surface area contributed by atoms with E-state index in [4.69, 9.17) is 4.74 Å². The van der Waals surface area contributed by atoms with Crippen LogP contribution >= 0.6 is 0 Å². The topological polar surface area (TPSA) is 90.2 Å². The Kier molecular flexibility index (Phi) is 2.68. The molecule has 5 nitrogen and oxygen atoms in total. The first-order valence-electron chi connectivity index (χ1n) is 5.99. The quantitative estimate of drug-likeness (QED) is 0.599. The lowest BCUT2D eigenvalue weighted by Gasteiger charge is -2.21. The Morgan fingerprint density at radius 1 is 0.850 bits per heavy atom. The van der Waals surface area contributed by atoms with Crippen LogP contribution in [0.2, 0.25) is 0 Å². The number of allylic oxidation sites excluding steroid dienone is 1. The van der Waals surface area contributed by atoms with Gasteiger partial charge in [-0.2, -0.15) is 0 Å². The molecule has 3 rings (SSSR count). The van der Waals surface area contributed by atoms with E-state index < -0.39 is 0 Å². The minimum absolute atomic E-state index is 0.0518. The molecule has 1 aliphatic rings. The number of aliphatic hydroxyl groups excluding tert-OH is 1. The average molecular weight is 272 g/mol. The third-order valence-electron chi connectivity index (χ3n) is 3.16. The SMILES string of the molecule is OC1=C(c2ccc(O)c(O)c2)Oc2cccc(O)c2C1. The van der Waals surface area contributed by atoms with Gasteiger partial charge in [0.1, 0.15) is 17.3 Å². The third kappa shape index (κ3) is 1.89. The first-order chi connectivity index (χ1) is 9.56. The van der Waals surface area contributed by atoms with Gasteiger partial charge in [0.2, 0.25) is 0 Å². The summed E-state index contributed by atoms with van der Waals surface area (Å²) < 4.78 is 5.58. The van der Waals surface area contributed by atoms with Gasteiger partial charge < -0.3 is 25.2 Å². The number of benzene rings is 2. The van der Waals surface area contributed by atoms with Gasteiger partial charge in [-0.3, -0.25) is 0 Å². The molecule has 0 fully saturated rings. The van der Waals surface area contributed by atoms with Crippen LogP contribution in [0.1, 0.15) is 11.1 Å². The predicted octanol–water partition coefficient (Wildman–Crippen LogP) is 2.67. The van der Waals surface area contributed by atoms with Crippen molar-refractivity contribution < 1.29 is 25.2 Å². The van der Waals surface area contributed by atoms with Gasteiger partial charge in [-0.05, 0) is 30.3 Å². The molecule has 1 heterocycles. The molecule has 4 N–H and O–H groups in total. The smallest absolute Gasteiger partial charge is 0.172 e. The zero-order valence-corrected chi connectivity index (χ0v) is 10.4. The van der Waals surface area contributed by atoms with Crippen molar-refractivity contribution in [3.63, 3.8) is 0 Å². The molecule has 0 unspecified atom stereocenters. The van der Waals surface area contributed by atoms with Gasteiger partial charge in [0.15, 0.2) is 17.3 Å². The number of ether oxygens (including phenoxy) is 1. The van der Waals surface area contributed by atoms with Crippen LogP contribution in [0.25, 0.3) is 5.76 Å². The molecule has 20 heavy (non-hydrogen) atoms. The maximum atomic E-state index is 10.1. The molecule has 0 saturated heterocycles. The molecule has 0 aliphatic carbocycles. The Bertz CT molecular complexity index is 718.